The van der Waals surface area contributed by atoms with E-state index < -0.39 is 0 Å². The number of thiocarbonyl (C=S) groups is 1. The van der Waals surface area contributed by atoms with E-state index in [1.807, 2.05) is 56.3 Å². The topological polar surface area (TPSA) is 74.4 Å². The fourth-order valence-corrected chi connectivity index (χ4v) is 2.32. The van der Waals surface area contributed by atoms with Crippen LogP contribution in [0.2, 0.25) is 0 Å². The molecule has 2 aromatic carbocycles. The average molecular weight is 358 g/mol. The van der Waals surface area contributed by atoms with Crippen molar-refractivity contribution in [3.05, 3.63) is 53.6 Å². The highest BCUT2D eigenvalue weighted by Gasteiger charge is 2.06. The maximum absolute atomic E-state index is 11.9. The zero-order chi connectivity index (χ0) is 18.2. The maximum Gasteiger partial charge on any atom is 0.257 e. The van der Waals surface area contributed by atoms with Crippen LogP contribution in [0, 0.1) is 13.8 Å². The molecule has 132 valence electrons. The Labute approximate surface area is 152 Å². The monoisotopic (exact) mass is 358 g/mol. The lowest BCUT2D eigenvalue weighted by Gasteiger charge is -2.14. The zero-order valence-corrected chi connectivity index (χ0v) is 15.3. The van der Waals surface area contributed by atoms with Crippen LogP contribution in [0.1, 0.15) is 11.1 Å². The number of ether oxygens (including phenoxy) is 1. The minimum atomic E-state index is -0.254. The molecule has 4 N–H and O–H groups in total. The lowest BCUT2D eigenvalue weighted by Crippen LogP contribution is -2.46. The van der Waals surface area contributed by atoms with Crippen LogP contribution in [0.5, 0.6) is 5.75 Å². The molecular weight excluding hydrogens is 336 g/mol. The highest BCUT2D eigenvalue weighted by molar-refractivity contribution is 7.80. The SMILES string of the molecule is COc1ccccc1NCC(=O)NNC(=S)Nc1cc(C)ccc1C. The van der Waals surface area contributed by atoms with E-state index in [1.165, 1.54) is 0 Å². The van der Waals surface area contributed by atoms with E-state index in [0.29, 0.717) is 10.9 Å². The van der Waals surface area contributed by atoms with Crippen molar-refractivity contribution in [1.29, 1.82) is 0 Å². The standard InChI is InChI=1S/C18H22N4O2S/c1-12-8-9-13(2)15(10-12)20-18(25)22-21-17(23)11-19-14-6-4-5-7-16(14)24-3/h4-10,19H,11H2,1-3H3,(H,21,23)(H2,20,22,25). The molecule has 25 heavy (non-hydrogen) atoms. The molecule has 0 aliphatic rings. The summed E-state index contributed by atoms with van der Waals surface area (Å²) < 4.78 is 5.22. The molecule has 0 radical (unpaired) electrons. The molecule has 1 amide bonds. The number of amides is 1. The van der Waals surface area contributed by atoms with Crippen LogP contribution in [0.15, 0.2) is 42.5 Å². The Morgan fingerprint density at radius 2 is 1.84 bits per heavy atom. The number of methoxy groups -OCH3 is 1. The Morgan fingerprint density at radius 3 is 2.60 bits per heavy atom. The van der Waals surface area contributed by atoms with E-state index in [4.69, 9.17) is 17.0 Å². The van der Waals surface area contributed by atoms with Crippen molar-refractivity contribution >= 4 is 34.6 Å². The third kappa shape index (κ3) is 5.65. The van der Waals surface area contributed by atoms with Gasteiger partial charge in [-0.3, -0.25) is 15.6 Å². The van der Waals surface area contributed by atoms with E-state index in [-0.39, 0.29) is 12.5 Å². The van der Waals surface area contributed by atoms with Gasteiger partial charge in [0.25, 0.3) is 5.91 Å². The molecule has 2 aromatic rings. The van der Waals surface area contributed by atoms with Gasteiger partial charge in [-0.15, -0.1) is 0 Å². The van der Waals surface area contributed by atoms with Gasteiger partial charge in [0.05, 0.1) is 19.3 Å². The molecule has 0 bridgehead atoms. The van der Waals surface area contributed by atoms with Crippen molar-refractivity contribution in [2.75, 3.05) is 24.3 Å². The summed E-state index contributed by atoms with van der Waals surface area (Å²) in [4.78, 5) is 11.9. The third-order valence-electron chi connectivity index (χ3n) is 3.50. The van der Waals surface area contributed by atoms with E-state index in [0.717, 1.165) is 22.5 Å². The molecule has 0 aromatic heterocycles. The predicted molar refractivity (Wildman–Crippen MR) is 105 cm³/mol. The van der Waals surface area contributed by atoms with Crippen LogP contribution in [-0.4, -0.2) is 24.7 Å². The molecular formula is C18H22N4O2S. The van der Waals surface area contributed by atoms with Crippen molar-refractivity contribution < 1.29 is 9.53 Å². The van der Waals surface area contributed by atoms with Crippen molar-refractivity contribution in [1.82, 2.24) is 10.9 Å². The van der Waals surface area contributed by atoms with Crippen LogP contribution in [-0.2, 0) is 4.79 Å². The summed E-state index contributed by atoms with van der Waals surface area (Å²) in [6.07, 6.45) is 0. The smallest absolute Gasteiger partial charge is 0.257 e. The minimum absolute atomic E-state index is 0.0828. The second-order valence-corrected chi connectivity index (χ2v) is 5.91. The number of aryl methyl sites for hydroxylation is 2. The first kappa shape index (κ1) is 18.5. The number of hydrogen-bond donors (Lipinski definition) is 4. The van der Waals surface area contributed by atoms with Crippen LogP contribution >= 0.6 is 12.2 Å². The molecule has 0 heterocycles. The number of benzene rings is 2. The van der Waals surface area contributed by atoms with Crippen molar-refractivity contribution in [2.45, 2.75) is 13.8 Å². The minimum Gasteiger partial charge on any atom is -0.495 e. The number of para-hydroxylation sites is 2. The molecule has 0 aliphatic carbocycles. The van der Waals surface area contributed by atoms with Crippen LogP contribution in [0.25, 0.3) is 0 Å². The van der Waals surface area contributed by atoms with Crippen LogP contribution in [0.4, 0.5) is 11.4 Å². The zero-order valence-electron chi connectivity index (χ0n) is 14.5. The fraction of sp³-hybridized carbons (Fsp3) is 0.222. The van der Waals surface area contributed by atoms with Crippen molar-refractivity contribution in [2.24, 2.45) is 0 Å². The second-order valence-electron chi connectivity index (χ2n) is 5.50. The predicted octanol–water partition coefficient (Wildman–Crippen LogP) is 2.74. The molecule has 0 fully saturated rings. The molecule has 6 nitrogen and oxygen atoms in total. The summed E-state index contributed by atoms with van der Waals surface area (Å²) in [6.45, 7) is 4.08. The Hall–Kier alpha value is -2.80. The maximum atomic E-state index is 11.9. The number of hydrogen-bond acceptors (Lipinski definition) is 4. The fourth-order valence-electron chi connectivity index (χ4n) is 2.16. The number of hydrazine groups is 1. The van der Waals surface area contributed by atoms with E-state index in [2.05, 4.69) is 21.5 Å². The molecule has 0 atom stereocenters. The van der Waals surface area contributed by atoms with Crippen molar-refractivity contribution in [3.63, 3.8) is 0 Å². The van der Waals surface area contributed by atoms with E-state index in [9.17, 15) is 4.79 Å². The summed E-state index contributed by atoms with van der Waals surface area (Å²) in [5, 5.41) is 6.40. The molecule has 0 spiro atoms. The molecule has 0 aliphatic heterocycles. The Kier molecular flexibility index (Phi) is 6.59. The van der Waals surface area contributed by atoms with Gasteiger partial charge >= 0.3 is 0 Å². The summed E-state index contributed by atoms with van der Waals surface area (Å²) in [5.74, 6) is 0.423. The van der Waals surface area contributed by atoms with Gasteiger partial charge in [-0.25, -0.2) is 0 Å². The van der Waals surface area contributed by atoms with E-state index in [1.54, 1.807) is 7.11 Å². The highest BCUT2D eigenvalue weighted by atomic mass is 32.1. The van der Waals surface area contributed by atoms with Gasteiger partial charge in [0, 0.05) is 5.69 Å². The van der Waals surface area contributed by atoms with Crippen LogP contribution < -0.4 is 26.2 Å². The molecule has 7 heteroatoms. The largest absolute Gasteiger partial charge is 0.495 e. The first-order chi connectivity index (χ1) is 12.0. The first-order valence-corrected chi connectivity index (χ1v) is 8.20. The quantitative estimate of drug-likeness (QED) is 0.487. The number of nitrogens with one attached hydrogen (secondary N) is 4. The van der Waals surface area contributed by atoms with Gasteiger partial charge in [-0.1, -0.05) is 24.3 Å². The normalized spacial score (nSPS) is 9.88. The molecule has 0 unspecified atom stereocenters. The number of anilines is 2. The summed E-state index contributed by atoms with van der Waals surface area (Å²) in [7, 11) is 1.58. The summed E-state index contributed by atoms with van der Waals surface area (Å²) >= 11 is 5.20. The van der Waals surface area contributed by atoms with Gasteiger partial charge in [-0.05, 0) is 55.4 Å². The number of carbonyl (C=O) groups excluding carboxylic acids is 1. The van der Waals surface area contributed by atoms with Gasteiger partial charge in [0.1, 0.15) is 5.75 Å². The molecule has 2 rings (SSSR count). The summed E-state index contributed by atoms with van der Waals surface area (Å²) in [5.41, 5.74) is 9.08. The second kappa shape index (κ2) is 8.89. The summed E-state index contributed by atoms with van der Waals surface area (Å²) in [6, 6.07) is 13.4. The average Bonchev–Trinajstić information content (AvgIpc) is 2.61. The Bertz CT molecular complexity index is 764. The highest BCUT2D eigenvalue weighted by Crippen LogP contribution is 2.22. The molecule has 0 saturated heterocycles. The van der Waals surface area contributed by atoms with Crippen LogP contribution in [0.3, 0.4) is 0 Å². The lowest BCUT2D eigenvalue weighted by atomic mass is 10.1. The molecule has 0 saturated carbocycles. The number of rotatable bonds is 5. The van der Waals surface area contributed by atoms with E-state index >= 15 is 0 Å². The van der Waals surface area contributed by atoms with Crippen molar-refractivity contribution in [3.8, 4) is 5.75 Å². The van der Waals surface area contributed by atoms with Gasteiger partial charge in [-0.2, -0.15) is 0 Å². The van der Waals surface area contributed by atoms with Gasteiger partial charge in [0.2, 0.25) is 0 Å². The van der Waals surface area contributed by atoms with Gasteiger partial charge in [0.15, 0.2) is 5.11 Å². The Balaban J connectivity index is 1.79. The first-order valence-electron chi connectivity index (χ1n) is 7.79. The third-order valence-corrected chi connectivity index (χ3v) is 3.71. The van der Waals surface area contributed by atoms with Gasteiger partial charge < -0.3 is 15.4 Å². The lowest BCUT2D eigenvalue weighted by molar-refractivity contribution is -0.119. The Morgan fingerprint density at radius 1 is 1.08 bits per heavy atom. The number of carbonyl (C=O) groups is 1.